The Morgan fingerprint density at radius 3 is 2.72 bits per heavy atom. The number of ether oxygens (including phenoxy) is 1. The Labute approximate surface area is 188 Å². The van der Waals surface area contributed by atoms with Gasteiger partial charge in [-0.1, -0.05) is 36.2 Å². The van der Waals surface area contributed by atoms with Crippen LogP contribution in [0.5, 0.6) is 5.75 Å². The molecule has 1 aromatic heterocycles. The summed E-state index contributed by atoms with van der Waals surface area (Å²) in [5.41, 5.74) is 1.55. The van der Waals surface area contributed by atoms with Gasteiger partial charge in [0.25, 0.3) is 5.91 Å². The second kappa shape index (κ2) is 9.34. The number of hydrogen-bond acceptors (Lipinski definition) is 5. The van der Waals surface area contributed by atoms with E-state index >= 15 is 0 Å². The molecule has 1 aliphatic heterocycles. The number of piperidine rings is 1. The van der Waals surface area contributed by atoms with Gasteiger partial charge in [-0.15, -0.1) is 0 Å². The van der Waals surface area contributed by atoms with Crippen LogP contribution in [-0.2, 0) is 10.0 Å². The standard InChI is InChI=1S/C24H28N2O5S/c1-17-9-11-20(12-10-17)32(28,29)26-15-4-3-7-19(26)13-14-25-24(27)22-16-18-6-5-8-21(30-2)23(18)31-22/h5-6,8-12,16,19H,3-4,7,13-15H2,1-2H3,(H,25,27)/t19-/m0/s1. The number of para-hydroxylation sites is 1. The lowest BCUT2D eigenvalue weighted by atomic mass is 10.0. The summed E-state index contributed by atoms with van der Waals surface area (Å²) in [6.07, 6.45) is 3.14. The van der Waals surface area contributed by atoms with Gasteiger partial charge in [0, 0.05) is 24.5 Å². The highest BCUT2D eigenvalue weighted by Crippen LogP contribution is 2.29. The minimum atomic E-state index is -3.57. The second-order valence-corrected chi connectivity index (χ2v) is 10.0. The predicted octanol–water partition coefficient (Wildman–Crippen LogP) is 4.11. The van der Waals surface area contributed by atoms with E-state index < -0.39 is 10.0 Å². The van der Waals surface area contributed by atoms with Crippen LogP contribution < -0.4 is 10.1 Å². The van der Waals surface area contributed by atoms with E-state index in [4.69, 9.17) is 9.15 Å². The van der Waals surface area contributed by atoms with Gasteiger partial charge in [0.15, 0.2) is 17.1 Å². The first kappa shape index (κ1) is 22.4. The number of rotatable bonds is 7. The Hall–Kier alpha value is -2.84. The number of methoxy groups -OCH3 is 1. The van der Waals surface area contributed by atoms with Crippen molar-refractivity contribution in [3.05, 3.63) is 59.9 Å². The van der Waals surface area contributed by atoms with Crippen LogP contribution in [0.1, 0.15) is 41.8 Å². The molecule has 170 valence electrons. The van der Waals surface area contributed by atoms with Crippen molar-refractivity contribution < 1.29 is 22.4 Å². The van der Waals surface area contributed by atoms with Crippen molar-refractivity contribution in [2.75, 3.05) is 20.2 Å². The summed E-state index contributed by atoms with van der Waals surface area (Å²) < 4.78 is 39.0. The summed E-state index contributed by atoms with van der Waals surface area (Å²) in [6, 6.07) is 14.0. The van der Waals surface area contributed by atoms with Crippen LogP contribution in [0.2, 0.25) is 0 Å². The van der Waals surface area contributed by atoms with E-state index in [-0.39, 0.29) is 17.7 Å². The highest BCUT2D eigenvalue weighted by Gasteiger charge is 2.33. The number of carbonyl (C=O) groups excluding carboxylic acids is 1. The van der Waals surface area contributed by atoms with Gasteiger partial charge in [-0.05, 0) is 50.5 Å². The first-order valence-electron chi connectivity index (χ1n) is 10.8. The summed E-state index contributed by atoms with van der Waals surface area (Å²) in [4.78, 5) is 12.9. The molecular formula is C24H28N2O5S. The van der Waals surface area contributed by atoms with E-state index in [1.807, 2.05) is 31.2 Å². The highest BCUT2D eigenvalue weighted by atomic mass is 32.2. The molecule has 0 spiro atoms. The zero-order chi connectivity index (χ0) is 22.7. The molecule has 4 rings (SSSR count). The van der Waals surface area contributed by atoms with E-state index in [0.717, 1.165) is 30.2 Å². The molecule has 3 aromatic rings. The summed E-state index contributed by atoms with van der Waals surface area (Å²) in [7, 11) is -2.01. The van der Waals surface area contributed by atoms with Crippen molar-refractivity contribution in [1.82, 2.24) is 9.62 Å². The van der Waals surface area contributed by atoms with Crippen molar-refractivity contribution in [3.63, 3.8) is 0 Å². The largest absolute Gasteiger partial charge is 0.493 e. The smallest absolute Gasteiger partial charge is 0.287 e. The molecule has 1 fully saturated rings. The monoisotopic (exact) mass is 456 g/mol. The SMILES string of the molecule is COc1cccc2cc(C(=O)NCC[C@@H]3CCCCN3S(=O)(=O)c3ccc(C)cc3)oc12. The van der Waals surface area contributed by atoms with Crippen molar-refractivity contribution in [2.45, 2.75) is 43.5 Å². The van der Waals surface area contributed by atoms with Gasteiger partial charge in [-0.3, -0.25) is 4.79 Å². The molecule has 7 nitrogen and oxygen atoms in total. The van der Waals surface area contributed by atoms with Crippen LogP contribution >= 0.6 is 0 Å². The third kappa shape index (κ3) is 4.52. The Kier molecular flexibility index (Phi) is 6.53. The molecule has 1 N–H and O–H groups in total. The van der Waals surface area contributed by atoms with Crippen LogP contribution in [0.3, 0.4) is 0 Å². The minimum absolute atomic E-state index is 0.147. The van der Waals surface area contributed by atoms with E-state index in [1.165, 1.54) is 0 Å². The van der Waals surface area contributed by atoms with E-state index in [9.17, 15) is 13.2 Å². The number of hydrogen-bond donors (Lipinski definition) is 1. The van der Waals surface area contributed by atoms with Gasteiger partial charge in [0.2, 0.25) is 10.0 Å². The fourth-order valence-electron chi connectivity index (χ4n) is 4.17. The number of nitrogens with one attached hydrogen (secondary N) is 1. The molecule has 0 radical (unpaired) electrons. The predicted molar refractivity (Wildman–Crippen MR) is 122 cm³/mol. The normalized spacial score (nSPS) is 17.4. The van der Waals surface area contributed by atoms with Crippen molar-refractivity contribution in [2.24, 2.45) is 0 Å². The zero-order valence-electron chi connectivity index (χ0n) is 18.3. The second-order valence-electron chi connectivity index (χ2n) is 8.11. The zero-order valence-corrected chi connectivity index (χ0v) is 19.2. The van der Waals surface area contributed by atoms with Gasteiger partial charge in [-0.25, -0.2) is 8.42 Å². The van der Waals surface area contributed by atoms with Crippen molar-refractivity contribution in [1.29, 1.82) is 0 Å². The van der Waals surface area contributed by atoms with Crippen LogP contribution in [0.4, 0.5) is 0 Å². The Balaban J connectivity index is 1.42. The molecule has 1 saturated heterocycles. The number of sulfonamides is 1. The molecular weight excluding hydrogens is 428 g/mol. The maximum atomic E-state index is 13.2. The molecule has 32 heavy (non-hydrogen) atoms. The Bertz CT molecular complexity index is 1200. The summed E-state index contributed by atoms with van der Waals surface area (Å²) in [5.74, 6) is 0.449. The molecule has 0 saturated carbocycles. The minimum Gasteiger partial charge on any atom is -0.493 e. The molecule has 1 aliphatic rings. The number of nitrogens with zero attached hydrogens (tertiary/aromatic N) is 1. The van der Waals surface area contributed by atoms with Gasteiger partial charge < -0.3 is 14.5 Å². The van der Waals surface area contributed by atoms with Crippen LogP contribution in [-0.4, -0.2) is 44.9 Å². The molecule has 1 amide bonds. The summed E-state index contributed by atoms with van der Waals surface area (Å²) >= 11 is 0. The van der Waals surface area contributed by atoms with Gasteiger partial charge in [-0.2, -0.15) is 4.31 Å². The number of furan rings is 1. The quantitative estimate of drug-likeness (QED) is 0.578. The first-order valence-corrected chi connectivity index (χ1v) is 12.3. The molecule has 8 heteroatoms. The molecule has 2 heterocycles. The Morgan fingerprint density at radius 1 is 1.19 bits per heavy atom. The number of fused-ring (bicyclic) bond motifs is 1. The third-order valence-electron chi connectivity index (χ3n) is 5.92. The molecule has 0 aliphatic carbocycles. The third-order valence-corrected chi connectivity index (χ3v) is 7.88. The van der Waals surface area contributed by atoms with Crippen molar-refractivity contribution in [3.8, 4) is 5.75 Å². The van der Waals surface area contributed by atoms with Gasteiger partial charge >= 0.3 is 0 Å². The lowest BCUT2D eigenvalue weighted by molar-refractivity contribution is 0.0924. The summed E-state index contributed by atoms with van der Waals surface area (Å²) in [5, 5.41) is 3.66. The number of benzene rings is 2. The van der Waals surface area contributed by atoms with Gasteiger partial charge in [0.05, 0.1) is 12.0 Å². The summed E-state index contributed by atoms with van der Waals surface area (Å²) in [6.45, 7) is 2.79. The Morgan fingerprint density at radius 2 is 1.97 bits per heavy atom. The van der Waals surface area contributed by atoms with Gasteiger partial charge in [0.1, 0.15) is 0 Å². The number of carbonyl (C=O) groups is 1. The molecule has 2 aromatic carbocycles. The molecule has 1 atom stereocenters. The fourth-order valence-corrected chi connectivity index (χ4v) is 5.90. The lowest BCUT2D eigenvalue weighted by Crippen LogP contribution is -2.45. The average Bonchev–Trinajstić information content (AvgIpc) is 3.24. The first-order chi connectivity index (χ1) is 15.4. The van der Waals surface area contributed by atoms with E-state index in [2.05, 4.69) is 5.32 Å². The van der Waals surface area contributed by atoms with Crippen LogP contribution in [0.15, 0.2) is 57.8 Å². The maximum absolute atomic E-state index is 13.2. The average molecular weight is 457 g/mol. The lowest BCUT2D eigenvalue weighted by Gasteiger charge is -2.34. The number of aryl methyl sites for hydroxylation is 1. The van der Waals surface area contributed by atoms with E-state index in [0.29, 0.717) is 35.7 Å². The van der Waals surface area contributed by atoms with Crippen LogP contribution in [0, 0.1) is 6.92 Å². The van der Waals surface area contributed by atoms with Crippen LogP contribution in [0.25, 0.3) is 11.0 Å². The number of amides is 1. The van der Waals surface area contributed by atoms with Crippen molar-refractivity contribution >= 4 is 26.9 Å². The molecule has 0 unspecified atom stereocenters. The fraction of sp³-hybridized carbons (Fsp3) is 0.375. The van der Waals surface area contributed by atoms with E-state index in [1.54, 1.807) is 35.7 Å². The molecule has 0 bridgehead atoms. The maximum Gasteiger partial charge on any atom is 0.287 e. The highest BCUT2D eigenvalue weighted by molar-refractivity contribution is 7.89. The topological polar surface area (TPSA) is 88.9 Å².